The van der Waals surface area contributed by atoms with E-state index < -0.39 is 0 Å². The first kappa shape index (κ1) is 9.84. The van der Waals surface area contributed by atoms with Crippen molar-refractivity contribution in [2.45, 2.75) is 11.6 Å². The van der Waals surface area contributed by atoms with Gasteiger partial charge in [-0.25, -0.2) is 0 Å². The predicted octanol–water partition coefficient (Wildman–Crippen LogP) is 1.53. The molecule has 0 unspecified atom stereocenters. The van der Waals surface area contributed by atoms with Crippen molar-refractivity contribution in [2.75, 3.05) is 26.4 Å². The Morgan fingerprint density at radius 3 is 2.22 bits per heavy atom. The molecule has 0 fully saturated rings. The van der Waals surface area contributed by atoms with Gasteiger partial charge in [0.1, 0.15) is 0 Å². The van der Waals surface area contributed by atoms with E-state index in [-0.39, 0.29) is 13.0 Å². The maximum atomic E-state index is 2.38. The molecule has 0 aromatic heterocycles. The smallest absolute Gasteiger partial charge is 0.309 e. The second-order valence-corrected chi connectivity index (χ2v) is 9.39. The van der Waals surface area contributed by atoms with E-state index in [9.17, 15) is 0 Å². The molecule has 0 spiro atoms. The highest BCUT2D eigenvalue weighted by Crippen LogP contribution is 2.04. The van der Waals surface area contributed by atoms with Crippen LogP contribution < -0.4 is 0 Å². The Kier molecular flexibility index (Phi) is 6.14. The quantitative estimate of drug-likeness (QED) is 0.575. The van der Waals surface area contributed by atoms with Crippen molar-refractivity contribution in [3.8, 4) is 0 Å². The first-order valence-corrected chi connectivity index (χ1v) is 8.16. The highest BCUT2D eigenvalue weighted by Gasteiger charge is 2.00. The Bertz CT molecular complexity index is 58.1. The molecule has 0 aliphatic rings. The zero-order valence-electron chi connectivity index (χ0n) is 6.85. The summed E-state index contributed by atoms with van der Waals surface area (Å²) in [5, 5.41) is 0. The van der Waals surface area contributed by atoms with E-state index in [1.807, 2.05) is 0 Å². The molecule has 0 saturated heterocycles. The van der Waals surface area contributed by atoms with Gasteiger partial charge in [-0.05, 0) is 19.8 Å². The predicted molar refractivity (Wildman–Crippen MR) is 48.5 cm³/mol. The third-order valence-electron chi connectivity index (χ3n) is 0.990. The molecule has 0 aliphatic heterocycles. The van der Waals surface area contributed by atoms with E-state index in [0.29, 0.717) is 0 Å². The molecular formula is C6H16AlNS. The maximum Gasteiger partial charge on any atom is 0.342 e. The van der Waals surface area contributed by atoms with Gasteiger partial charge in [-0.15, -0.1) is 0 Å². The van der Waals surface area contributed by atoms with E-state index >= 15 is 0 Å². The van der Waals surface area contributed by atoms with Crippen LogP contribution in [0.4, 0.5) is 0 Å². The van der Waals surface area contributed by atoms with Crippen molar-refractivity contribution in [3.63, 3.8) is 0 Å². The van der Waals surface area contributed by atoms with Crippen LogP contribution in [0.3, 0.4) is 0 Å². The van der Waals surface area contributed by atoms with Crippen LogP contribution in [0.25, 0.3) is 0 Å². The molecule has 9 heavy (non-hydrogen) atoms. The van der Waals surface area contributed by atoms with Crippen LogP contribution in [0.5, 0.6) is 0 Å². The van der Waals surface area contributed by atoms with Crippen molar-refractivity contribution in [2.24, 2.45) is 0 Å². The summed E-state index contributed by atoms with van der Waals surface area (Å²) < 4.78 is 0. The largest absolute Gasteiger partial charge is 0.342 e. The highest BCUT2D eigenvalue weighted by atomic mass is 32.3. The molecule has 0 heterocycles. The third-order valence-corrected chi connectivity index (χ3v) is 4.78. The molecule has 0 amide bonds. The van der Waals surface area contributed by atoms with Gasteiger partial charge >= 0.3 is 13.0 Å². The van der Waals surface area contributed by atoms with E-state index in [1.165, 1.54) is 12.3 Å². The van der Waals surface area contributed by atoms with Crippen molar-refractivity contribution >= 4 is 23.1 Å². The van der Waals surface area contributed by atoms with E-state index in [2.05, 4.69) is 40.7 Å². The second-order valence-electron chi connectivity index (χ2n) is 2.72. The number of rotatable bonds is 4. The zero-order valence-corrected chi connectivity index (χ0v) is 8.82. The normalized spacial score (nSPS) is 10.3. The van der Waals surface area contributed by atoms with Gasteiger partial charge in [-0.1, -0.05) is 11.6 Å². The third kappa shape index (κ3) is 8.84. The van der Waals surface area contributed by atoms with E-state index in [0.717, 1.165) is 0 Å². The molecule has 0 rings (SSSR count). The van der Waals surface area contributed by atoms with Crippen LogP contribution in [-0.2, 0) is 0 Å². The fourth-order valence-corrected chi connectivity index (χ4v) is 3.14. The number of hydrogen-bond donors (Lipinski definition) is 0. The molecule has 0 bridgehead atoms. The average Bonchev–Trinajstić information content (AvgIpc) is 1.63. The standard InChI is InChI=1S/C4H11NS.2CH3.Al/c1-5(2)3-4-6;;;/h6H,3-4H2,1-2H3;2*1H3;/q;;;+1/p-1. The molecule has 0 N–H and O–H groups in total. The Balaban J connectivity index is 2.91. The summed E-state index contributed by atoms with van der Waals surface area (Å²) in [4.78, 5) is 2.24. The monoisotopic (exact) mass is 161 g/mol. The lowest BCUT2D eigenvalue weighted by Gasteiger charge is -2.08. The van der Waals surface area contributed by atoms with Crippen molar-refractivity contribution in [1.29, 1.82) is 0 Å². The van der Waals surface area contributed by atoms with Crippen LogP contribution >= 0.6 is 10.1 Å². The molecule has 54 valence electrons. The molecule has 0 aliphatic carbocycles. The molecule has 0 atom stereocenters. The minimum atomic E-state index is -0.339. The van der Waals surface area contributed by atoms with Gasteiger partial charge in [0.2, 0.25) is 0 Å². The Morgan fingerprint density at radius 1 is 1.33 bits per heavy atom. The summed E-state index contributed by atoms with van der Waals surface area (Å²) in [7, 11) is 6.41. The maximum absolute atomic E-state index is 2.38. The van der Waals surface area contributed by atoms with Crippen LogP contribution in [0.2, 0.25) is 11.6 Å². The first-order valence-electron chi connectivity index (χ1n) is 3.39. The summed E-state index contributed by atoms with van der Waals surface area (Å²) in [5.74, 6) is 6.07. The second kappa shape index (κ2) is 5.61. The fourth-order valence-electron chi connectivity index (χ4n) is 0.471. The highest BCUT2D eigenvalue weighted by molar-refractivity contribution is 8.25. The molecule has 0 aromatic carbocycles. The van der Waals surface area contributed by atoms with Gasteiger partial charge in [-0.2, -0.15) is 0 Å². The Hall–Kier alpha value is 0.842. The Morgan fingerprint density at radius 2 is 1.89 bits per heavy atom. The van der Waals surface area contributed by atoms with Crippen LogP contribution in [0.15, 0.2) is 0 Å². The molecule has 0 radical (unpaired) electrons. The van der Waals surface area contributed by atoms with Crippen LogP contribution in [0.1, 0.15) is 0 Å². The van der Waals surface area contributed by atoms with Crippen LogP contribution in [-0.4, -0.2) is 44.3 Å². The van der Waals surface area contributed by atoms with Gasteiger partial charge in [-0.3, -0.25) is 10.1 Å². The van der Waals surface area contributed by atoms with Gasteiger partial charge in [0, 0.05) is 6.54 Å². The lowest BCUT2D eigenvalue weighted by Crippen LogP contribution is -2.16. The SMILES string of the molecule is CN(C)CC[S][Al]([CH3])[CH3]. The summed E-state index contributed by atoms with van der Waals surface area (Å²) in [6.07, 6.45) is 0. The Labute approximate surface area is 66.2 Å². The summed E-state index contributed by atoms with van der Waals surface area (Å²) >= 11 is -0.339. The van der Waals surface area contributed by atoms with Gasteiger partial charge in [0.05, 0.1) is 0 Å². The molecule has 3 heteroatoms. The molecule has 0 aromatic rings. The molecule has 0 saturated carbocycles. The summed E-state index contributed by atoms with van der Waals surface area (Å²) in [6.45, 7) is 1.23. The molecular weight excluding hydrogens is 145 g/mol. The fraction of sp³-hybridized carbons (Fsp3) is 1.00. The summed E-state index contributed by atoms with van der Waals surface area (Å²) in [6, 6.07) is 0. The van der Waals surface area contributed by atoms with Crippen LogP contribution in [0, 0.1) is 0 Å². The van der Waals surface area contributed by atoms with Gasteiger partial charge < -0.3 is 4.90 Å². The first-order chi connectivity index (χ1) is 4.13. The minimum Gasteiger partial charge on any atom is -0.309 e. The van der Waals surface area contributed by atoms with Crippen molar-refractivity contribution in [3.05, 3.63) is 0 Å². The zero-order chi connectivity index (χ0) is 7.28. The van der Waals surface area contributed by atoms with E-state index in [4.69, 9.17) is 0 Å². The van der Waals surface area contributed by atoms with Gasteiger partial charge in [0.15, 0.2) is 0 Å². The minimum absolute atomic E-state index is 0.339. The number of nitrogens with zero attached hydrogens (tertiary/aromatic N) is 1. The van der Waals surface area contributed by atoms with Gasteiger partial charge in [0.25, 0.3) is 0 Å². The van der Waals surface area contributed by atoms with Crippen molar-refractivity contribution in [1.82, 2.24) is 4.90 Å². The lowest BCUT2D eigenvalue weighted by atomic mass is 10.7. The topological polar surface area (TPSA) is 3.24 Å². The summed E-state index contributed by atoms with van der Waals surface area (Å²) in [5.41, 5.74) is 0. The average molecular weight is 161 g/mol. The van der Waals surface area contributed by atoms with E-state index in [1.54, 1.807) is 0 Å². The lowest BCUT2D eigenvalue weighted by molar-refractivity contribution is 0.438. The number of hydrogen-bond acceptors (Lipinski definition) is 2. The molecule has 1 nitrogen and oxygen atoms in total. The van der Waals surface area contributed by atoms with Crippen molar-refractivity contribution < 1.29 is 0 Å².